The molecule has 28 heavy (non-hydrogen) atoms. The van der Waals surface area contributed by atoms with Crippen LogP contribution in [0, 0.1) is 0 Å². The van der Waals surface area contributed by atoms with Crippen LogP contribution in [0.25, 0.3) is 10.8 Å². The second-order valence-corrected chi connectivity index (χ2v) is 8.04. The van der Waals surface area contributed by atoms with Gasteiger partial charge in [0.05, 0.1) is 0 Å². The van der Waals surface area contributed by atoms with Gasteiger partial charge in [0.1, 0.15) is 0 Å². The lowest BCUT2D eigenvalue weighted by Crippen LogP contribution is -2.27. The molecule has 0 saturated carbocycles. The average Bonchev–Trinajstić information content (AvgIpc) is 2.73. The number of hydrogen-bond donors (Lipinski definition) is 0. The van der Waals surface area contributed by atoms with Crippen LogP contribution in [0.2, 0.25) is 0 Å². The van der Waals surface area contributed by atoms with Gasteiger partial charge in [-0.15, -0.1) is 0 Å². The van der Waals surface area contributed by atoms with Crippen LogP contribution < -0.4 is 9.80 Å². The van der Waals surface area contributed by atoms with Crippen molar-refractivity contribution in [1.29, 1.82) is 0 Å². The van der Waals surface area contributed by atoms with Crippen molar-refractivity contribution in [2.45, 2.75) is 79.1 Å². The number of hydrogen-bond acceptors (Lipinski definition) is 2. The molecule has 0 heterocycles. The van der Waals surface area contributed by atoms with Gasteiger partial charge in [0.15, 0.2) is 0 Å². The highest BCUT2D eigenvalue weighted by Crippen LogP contribution is 2.34. The second-order valence-electron chi connectivity index (χ2n) is 8.04. The van der Waals surface area contributed by atoms with Crippen molar-refractivity contribution in [2.24, 2.45) is 0 Å². The molecule has 2 nitrogen and oxygen atoms in total. The molecule has 0 aliphatic rings. The molecule has 0 saturated heterocycles. The average molecular weight is 383 g/mol. The summed E-state index contributed by atoms with van der Waals surface area (Å²) in [4.78, 5) is 5.25. The first kappa shape index (κ1) is 22.6. The molecule has 0 fully saturated rings. The van der Waals surface area contributed by atoms with E-state index in [2.05, 4.69) is 73.9 Å². The minimum Gasteiger partial charge on any atom is -0.371 e. The van der Waals surface area contributed by atoms with Gasteiger partial charge in [0.2, 0.25) is 0 Å². The number of rotatable bonds is 14. The molecule has 2 heteroatoms. The van der Waals surface area contributed by atoms with Crippen LogP contribution in [0.4, 0.5) is 11.4 Å². The first-order valence-corrected chi connectivity index (χ1v) is 11.8. The Kier molecular flexibility index (Phi) is 10.2. The molecular weight excluding hydrogens is 340 g/mol. The van der Waals surface area contributed by atoms with Gasteiger partial charge in [-0.3, -0.25) is 0 Å². The highest BCUT2D eigenvalue weighted by atomic mass is 15.1. The number of nitrogens with zero attached hydrogens (tertiary/aromatic N) is 2. The highest BCUT2D eigenvalue weighted by molar-refractivity contribution is 6.02. The topological polar surface area (TPSA) is 6.48 Å². The Hall–Kier alpha value is -1.70. The normalized spacial score (nSPS) is 11.1. The molecule has 0 N–H and O–H groups in total. The molecular formula is C26H42N2. The molecule has 0 aliphatic carbocycles. The van der Waals surface area contributed by atoms with Crippen molar-refractivity contribution < 1.29 is 0 Å². The molecule has 156 valence electrons. The van der Waals surface area contributed by atoms with Crippen LogP contribution in [0.1, 0.15) is 79.1 Å². The van der Waals surface area contributed by atoms with Crippen molar-refractivity contribution in [3.63, 3.8) is 0 Å². The largest absolute Gasteiger partial charge is 0.371 e. The molecule has 2 aromatic carbocycles. The molecule has 0 unspecified atom stereocenters. The molecule has 0 aliphatic heterocycles. The molecule has 0 aromatic heterocycles. The Morgan fingerprint density at radius 3 is 1.11 bits per heavy atom. The first-order valence-electron chi connectivity index (χ1n) is 11.8. The monoisotopic (exact) mass is 382 g/mol. The molecule has 2 aromatic rings. The third-order valence-corrected chi connectivity index (χ3v) is 5.68. The van der Waals surface area contributed by atoms with Crippen LogP contribution in [-0.2, 0) is 0 Å². The first-order chi connectivity index (χ1) is 13.8. The summed E-state index contributed by atoms with van der Waals surface area (Å²) in [6.07, 6.45) is 10.1. The van der Waals surface area contributed by atoms with E-state index in [1.54, 1.807) is 0 Å². The van der Waals surface area contributed by atoms with Gasteiger partial charge in [-0.05, 0) is 37.8 Å². The minimum absolute atomic E-state index is 1.16. The Labute approximate surface area is 173 Å². The third-order valence-electron chi connectivity index (χ3n) is 5.68. The predicted molar refractivity (Wildman–Crippen MR) is 128 cm³/mol. The zero-order valence-electron chi connectivity index (χ0n) is 18.8. The number of fused-ring (bicyclic) bond motifs is 1. The lowest BCUT2D eigenvalue weighted by atomic mass is 10.0. The Morgan fingerprint density at radius 1 is 0.500 bits per heavy atom. The lowest BCUT2D eigenvalue weighted by molar-refractivity contribution is 0.678. The molecule has 2 rings (SSSR count). The zero-order chi connectivity index (χ0) is 20.2. The van der Waals surface area contributed by atoms with E-state index in [1.807, 2.05) is 0 Å². The predicted octanol–water partition coefficient (Wildman–Crippen LogP) is 7.65. The Bertz CT molecular complexity index is 604. The van der Waals surface area contributed by atoms with Crippen LogP contribution in [0.5, 0.6) is 0 Å². The maximum Gasteiger partial charge on any atom is 0.0446 e. The lowest BCUT2D eigenvalue weighted by Gasteiger charge is -2.29. The van der Waals surface area contributed by atoms with E-state index in [-0.39, 0.29) is 0 Å². The van der Waals surface area contributed by atoms with E-state index < -0.39 is 0 Å². The van der Waals surface area contributed by atoms with Gasteiger partial charge in [-0.1, -0.05) is 77.6 Å². The quantitative estimate of drug-likeness (QED) is 0.331. The molecule has 0 bridgehead atoms. The van der Waals surface area contributed by atoms with Gasteiger partial charge in [0.25, 0.3) is 0 Å². The number of anilines is 2. The van der Waals surface area contributed by atoms with Crippen molar-refractivity contribution in [3.05, 3.63) is 36.4 Å². The highest BCUT2D eigenvalue weighted by Gasteiger charge is 2.14. The second kappa shape index (κ2) is 12.7. The summed E-state index contributed by atoms with van der Waals surface area (Å²) >= 11 is 0. The van der Waals surface area contributed by atoms with E-state index in [0.29, 0.717) is 0 Å². The van der Waals surface area contributed by atoms with Gasteiger partial charge in [-0.25, -0.2) is 0 Å². The fourth-order valence-corrected chi connectivity index (χ4v) is 3.93. The Balaban J connectivity index is 2.43. The van der Waals surface area contributed by atoms with Gasteiger partial charge in [-0.2, -0.15) is 0 Å². The van der Waals surface area contributed by atoms with Crippen molar-refractivity contribution in [1.82, 2.24) is 0 Å². The van der Waals surface area contributed by atoms with Crippen molar-refractivity contribution >= 4 is 22.1 Å². The standard InChI is InChI=1S/C26H42N2/c1-5-9-19-27(20-10-6-2)25-17-13-16-24-23(25)15-14-18-26(24)28(21-11-7-3)22-12-8-4/h13-18H,5-12,19-22H2,1-4H3. The SMILES string of the molecule is CCCCN(CCCC)c1cccc2c(N(CCCC)CCCC)cccc12. The van der Waals surface area contributed by atoms with Crippen LogP contribution in [0.3, 0.4) is 0 Å². The summed E-state index contributed by atoms with van der Waals surface area (Å²) in [7, 11) is 0. The molecule has 0 atom stereocenters. The van der Waals surface area contributed by atoms with Crippen LogP contribution >= 0.6 is 0 Å². The molecule has 0 amide bonds. The summed E-state index contributed by atoms with van der Waals surface area (Å²) in [5, 5.41) is 2.84. The summed E-state index contributed by atoms with van der Waals surface area (Å²) < 4.78 is 0. The van der Waals surface area contributed by atoms with E-state index in [4.69, 9.17) is 0 Å². The zero-order valence-corrected chi connectivity index (χ0v) is 18.8. The molecule has 0 radical (unpaired) electrons. The smallest absolute Gasteiger partial charge is 0.0446 e. The van der Waals surface area contributed by atoms with E-state index in [1.165, 1.54) is 73.5 Å². The van der Waals surface area contributed by atoms with Gasteiger partial charge >= 0.3 is 0 Å². The maximum absolute atomic E-state index is 2.63. The summed E-state index contributed by atoms with van der Waals surface area (Å²) in [6.45, 7) is 13.8. The molecule has 0 spiro atoms. The van der Waals surface area contributed by atoms with E-state index in [9.17, 15) is 0 Å². The van der Waals surface area contributed by atoms with E-state index in [0.717, 1.165) is 26.2 Å². The Morgan fingerprint density at radius 2 is 0.821 bits per heavy atom. The van der Waals surface area contributed by atoms with Crippen molar-refractivity contribution in [3.8, 4) is 0 Å². The summed E-state index contributed by atoms with van der Waals surface area (Å²) in [5.74, 6) is 0. The minimum atomic E-state index is 1.16. The van der Waals surface area contributed by atoms with Gasteiger partial charge < -0.3 is 9.80 Å². The third kappa shape index (κ3) is 6.15. The fourth-order valence-electron chi connectivity index (χ4n) is 3.93. The number of unbranched alkanes of at least 4 members (excludes halogenated alkanes) is 4. The summed E-state index contributed by atoms with van der Waals surface area (Å²) in [5.41, 5.74) is 2.85. The number of benzene rings is 2. The van der Waals surface area contributed by atoms with Gasteiger partial charge in [0, 0.05) is 48.3 Å². The van der Waals surface area contributed by atoms with Crippen molar-refractivity contribution in [2.75, 3.05) is 36.0 Å². The van der Waals surface area contributed by atoms with E-state index >= 15 is 0 Å². The summed E-state index contributed by atoms with van der Waals surface area (Å²) in [6, 6.07) is 13.9. The van der Waals surface area contributed by atoms with Crippen LogP contribution in [0.15, 0.2) is 36.4 Å². The fraction of sp³-hybridized carbons (Fsp3) is 0.615. The van der Waals surface area contributed by atoms with Crippen LogP contribution in [-0.4, -0.2) is 26.2 Å². The maximum atomic E-state index is 2.63.